The summed E-state index contributed by atoms with van der Waals surface area (Å²) < 4.78 is 29.9. The van der Waals surface area contributed by atoms with E-state index >= 15 is 0 Å². The smallest absolute Gasteiger partial charge is 0.301 e. The number of phenolic OH excluding ortho intramolecular Hbond substituents is 1. The van der Waals surface area contributed by atoms with Crippen molar-refractivity contribution >= 4 is 15.8 Å². The van der Waals surface area contributed by atoms with Gasteiger partial charge in [-0.05, 0) is 6.07 Å². The quantitative estimate of drug-likeness (QED) is 0.426. The molecule has 0 aliphatic heterocycles. The van der Waals surface area contributed by atoms with E-state index in [-0.39, 0.29) is 0 Å². The first-order valence-electron chi connectivity index (χ1n) is 3.27. The maximum absolute atomic E-state index is 10.7. The second-order valence-electron chi connectivity index (χ2n) is 2.38. The molecule has 0 heterocycles. The zero-order valence-corrected chi connectivity index (χ0v) is 7.43. The van der Waals surface area contributed by atoms with Crippen molar-refractivity contribution in [3.8, 4) is 5.75 Å². The number of benzene rings is 1. The van der Waals surface area contributed by atoms with Gasteiger partial charge in [0.2, 0.25) is 0 Å². The fourth-order valence-electron chi connectivity index (χ4n) is 0.860. The predicted octanol–water partition coefficient (Wildman–Crippen LogP) is 0.547. The van der Waals surface area contributed by atoms with Crippen molar-refractivity contribution in [1.82, 2.24) is 0 Å². The Morgan fingerprint density at radius 3 is 2.36 bits per heavy atom. The first-order valence-corrected chi connectivity index (χ1v) is 4.71. The Morgan fingerprint density at radius 2 is 1.93 bits per heavy atom. The van der Waals surface area contributed by atoms with Crippen LogP contribution in [0.15, 0.2) is 23.1 Å². The summed E-state index contributed by atoms with van der Waals surface area (Å²) in [6.45, 7) is 0. The monoisotopic (exact) mass is 219 g/mol. The molecule has 0 aromatic heterocycles. The lowest BCUT2D eigenvalue weighted by Crippen LogP contribution is -2.02. The van der Waals surface area contributed by atoms with E-state index in [0.717, 1.165) is 12.1 Å². The number of rotatable bonds is 2. The molecule has 0 spiro atoms. The Morgan fingerprint density at radius 1 is 1.36 bits per heavy atom. The van der Waals surface area contributed by atoms with E-state index in [1.807, 2.05) is 0 Å². The molecule has 0 aliphatic rings. The van der Waals surface area contributed by atoms with Crippen LogP contribution < -0.4 is 0 Å². The van der Waals surface area contributed by atoms with Gasteiger partial charge >= 0.3 is 10.1 Å². The number of nitro benzene ring substituents is 1. The van der Waals surface area contributed by atoms with Crippen LogP contribution in [-0.4, -0.2) is 23.0 Å². The van der Waals surface area contributed by atoms with Crippen LogP contribution in [0.1, 0.15) is 0 Å². The second-order valence-corrected chi connectivity index (χ2v) is 3.77. The molecule has 8 heteroatoms. The van der Waals surface area contributed by atoms with Crippen LogP contribution in [0.3, 0.4) is 0 Å². The van der Waals surface area contributed by atoms with Crippen molar-refractivity contribution < 1.29 is 23.0 Å². The lowest BCUT2D eigenvalue weighted by Gasteiger charge is -1.99. The lowest BCUT2D eigenvalue weighted by molar-refractivity contribution is -0.387. The first kappa shape index (κ1) is 10.4. The summed E-state index contributed by atoms with van der Waals surface area (Å²) in [5.41, 5.74) is -0.787. The highest BCUT2D eigenvalue weighted by Gasteiger charge is 2.24. The van der Waals surface area contributed by atoms with E-state index in [0.29, 0.717) is 6.07 Å². The summed E-state index contributed by atoms with van der Waals surface area (Å²) in [6, 6.07) is 2.35. The molecular formula is C6H5NO6S. The van der Waals surface area contributed by atoms with Crippen LogP contribution in [0.2, 0.25) is 0 Å². The maximum Gasteiger partial charge on any atom is 0.301 e. The van der Waals surface area contributed by atoms with Gasteiger partial charge in [-0.2, -0.15) is 8.42 Å². The molecule has 7 nitrogen and oxygen atoms in total. The summed E-state index contributed by atoms with van der Waals surface area (Å²) in [7, 11) is -4.70. The van der Waals surface area contributed by atoms with Gasteiger partial charge in [0.25, 0.3) is 5.69 Å². The minimum Gasteiger partial charge on any atom is -0.508 e. The van der Waals surface area contributed by atoms with Crippen LogP contribution in [-0.2, 0) is 10.1 Å². The molecule has 76 valence electrons. The van der Waals surface area contributed by atoms with Crippen LogP contribution >= 0.6 is 0 Å². The van der Waals surface area contributed by atoms with Crippen LogP contribution in [0.4, 0.5) is 5.69 Å². The zero-order chi connectivity index (χ0) is 10.9. The van der Waals surface area contributed by atoms with Gasteiger partial charge in [-0.15, -0.1) is 0 Å². The van der Waals surface area contributed by atoms with Gasteiger partial charge in [-0.25, -0.2) is 0 Å². The van der Waals surface area contributed by atoms with Gasteiger partial charge in [-0.3, -0.25) is 14.7 Å². The van der Waals surface area contributed by atoms with Crippen LogP contribution in [0.25, 0.3) is 0 Å². The second kappa shape index (κ2) is 3.24. The molecule has 0 saturated heterocycles. The Hall–Kier alpha value is -1.67. The fraction of sp³-hybridized carbons (Fsp3) is 0. The fourth-order valence-corrected chi connectivity index (χ4v) is 1.54. The van der Waals surface area contributed by atoms with Crippen molar-refractivity contribution in [2.24, 2.45) is 0 Å². The van der Waals surface area contributed by atoms with Crippen molar-refractivity contribution in [1.29, 1.82) is 0 Å². The SMILES string of the molecule is O=[N+]([O-])c1ccc(O)cc1S(=O)(=O)O. The Labute approximate surface area is 78.5 Å². The third kappa shape index (κ3) is 1.98. The van der Waals surface area contributed by atoms with Gasteiger partial charge in [0.15, 0.2) is 4.90 Å². The van der Waals surface area contributed by atoms with Crippen LogP contribution in [0.5, 0.6) is 5.75 Å². The normalized spacial score (nSPS) is 11.2. The maximum atomic E-state index is 10.7. The molecular weight excluding hydrogens is 214 g/mol. The van der Waals surface area contributed by atoms with E-state index in [4.69, 9.17) is 9.66 Å². The predicted molar refractivity (Wildman–Crippen MR) is 44.6 cm³/mol. The molecule has 0 aliphatic carbocycles. The number of nitrogens with zero attached hydrogens (tertiary/aromatic N) is 1. The van der Waals surface area contributed by atoms with E-state index in [1.165, 1.54) is 0 Å². The number of hydrogen-bond acceptors (Lipinski definition) is 5. The molecule has 0 saturated carbocycles. The van der Waals surface area contributed by atoms with Crippen molar-refractivity contribution in [2.75, 3.05) is 0 Å². The van der Waals surface area contributed by atoms with Gasteiger partial charge in [0.1, 0.15) is 5.75 Å². The van der Waals surface area contributed by atoms with Crippen molar-refractivity contribution in [3.05, 3.63) is 28.3 Å². The number of aromatic hydroxyl groups is 1. The zero-order valence-electron chi connectivity index (χ0n) is 6.61. The molecule has 1 aromatic rings. The van der Waals surface area contributed by atoms with E-state index in [9.17, 15) is 18.5 Å². The lowest BCUT2D eigenvalue weighted by atomic mass is 10.3. The number of hydrogen-bond donors (Lipinski definition) is 2. The summed E-state index contributed by atoms with van der Waals surface area (Å²) in [4.78, 5) is 8.43. The summed E-state index contributed by atoms with van der Waals surface area (Å²) >= 11 is 0. The Bertz CT molecular complexity index is 479. The molecule has 0 bridgehead atoms. The molecule has 0 fully saturated rings. The Kier molecular flexibility index (Phi) is 2.41. The molecule has 0 radical (unpaired) electrons. The van der Waals surface area contributed by atoms with Crippen molar-refractivity contribution in [3.63, 3.8) is 0 Å². The molecule has 0 amide bonds. The number of nitro groups is 1. The van der Waals surface area contributed by atoms with E-state index in [1.54, 1.807) is 0 Å². The average Bonchev–Trinajstić information content (AvgIpc) is 2.01. The largest absolute Gasteiger partial charge is 0.508 e. The summed E-state index contributed by atoms with van der Waals surface area (Å²) in [6.07, 6.45) is 0. The minimum atomic E-state index is -4.70. The van der Waals surface area contributed by atoms with Crippen LogP contribution in [0, 0.1) is 10.1 Å². The highest BCUT2D eigenvalue weighted by atomic mass is 32.2. The van der Waals surface area contributed by atoms with Gasteiger partial charge in [0, 0.05) is 12.1 Å². The standard InChI is InChI=1S/C6H5NO6S/c8-4-1-2-5(7(9)10)6(3-4)14(11,12)13/h1-3,8H,(H,11,12,13). The van der Waals surface area contributed by atoms with Gasteiger partial charge in [0.05, 0.1) is 4.92 Å². The van der Waals surface area contributed by atoms with E-state index < -0.39 is 31.4 Å². The summed E-state index contributed by atoms with van der Waals surface area (Å²) in [5.74, 6) is -0.483. The minimum absolute atomic E-state index is 0.483. The molecule has 0 atom stereocenters. The summed E-state index contributed by atoms with van der Waals surface area (Å²) in [5, 5.41) is 19.2. The molecule has 14 heavy (non-hydrogen) atoms. The topological polar surface area (TPSA) is 118 Å². The molecule has 0 unspecified atom stereocenters. The molecule has 1 rings (SSSR count). The highest BCUT2D eigenvalue weighted by Crippen LogP contribution is 2.26. The Balaban J connectivity index is 3.54. The van der Waals surface area contributed by atoms with Gasteiger partial charge < -0.3 is 5.11 Å². The number of phenols is 1. The average molecular weight is 219 g/mol. The van der Waals surface area contributed by atoms with E-state index in [2.05, 4.69) is 0 Å². The molecule has 2 N–H and O–H groups in total. The van der Waals surface area contributed by atoms with Crippen molar-refractivity contribution in [2.45, 2.75) is 4.90 Å². The highest BCUT2D eigenvalue weighted by molar-refractivity contribution is 7.86. The third-order valence-corrected chi connectivity index (χ3v) is 2.30. The van der Waals surface area contributed by atoms with Gasteiger partial charge in [-0.1, -0.05) is 0 Å². The molecule has 1 aromatic carbocycles. The third-order valence-electron chi connectivity index (χ3n) is 1.42. The first-order chi connectivity index (χ1) is 6.32.